The molecule has 0 spiro atoms. The van der Waals surface area contributed by atoms with Gasteiger partial charge in [0.25, 0.3) is 0 Å². The van der Waals surface area contributed by atoms with Crippen molar-refractivity contribution in [3.05, 3.63) is 59.2 Å². The second kappa shape index (κ2) is 12.0. The zero-order chi connectivity index (χ0) is 25.4. The molecule has 4 atom stereocenters. The molecule has 34 heavy (non-hydrogen) atoms. The van der Waals surface area contributed by atoms with Gasteiger partial charge in [0.1, 0.15) is 6.10 Å². The van der Waals surface area contributed by atoms with E-state index in [0.717, 1.165) is 5.56 Å². The van der Waals surface area contributed by atoms with Crippen molar-refractivity contribution in [3.63, 3.8) is 0 Å². The number of nitrogens with one attached hydrogen (secondary N) is 1. The number of hydrogen-bond donors (Lipinski definition) is 7. The van der Waals surface area contributed by atoms with E-state index in [-0.39, 0.29) is 23.9 Å². The summed E-state index contributed by atoms with van der Waals surface area (Å²) in [5.74, 6) is -4.52. The van der Waals surface area contributed by atoms with E-state index in [2.05, 4.69) is 5.32 Å². The van der Waals surface area contributed by atoms with E-state index in [9.17, 15) is 34.8 Å². The molecular formula is C23H28N2O9. The van der Waals surface area contributed by atoms with Crippen LogP contribution in [-0.2, 0) is 20.7 Å². The number of nitrogens with two attached hydrogens (primary N) is 1. The third kappa shape index (κ3) is 7.44. The highest BCUT2D eigenvalue weighted by Crippen LogP contribution is 2.29. The molecule has 0 heterocycles. The Morgan fingerprint density at radius 2 is 1.65 bits per heavy atom. The van der Waals surface area contributed by atoms with Gasteiger partial charge in [-0.2, -0.15) is 0 Å². The first-order valence-electron chi connectivity index (χ1n) is 10.4. The number of aryl methyl sites for hydroxylation is 1. The number of benzene rings is 2. The molecule has 0 aliphatic rings. The van der Waals surface area contributed by atoms with E-state index < -0.39 is 41.9 Å². The number of carbonyl (C=O) groups is 3. The molecule has 0 aliphatic heterocycles. The van der Waals surface area contributed by atoms with E-state index in [1.165, 1.54) is 18.2 Å². The summed E-state index contributed by atoms with van der Waals surface area (Å²) in [5, 5.41) is 50.4. The normalized spacial score (nSPS) is 14.6. The van der Waals surface area contributed by atoms with Gasteiger partial charge in [0.15, 0.2) is 23.7 Å². The van der Waals surface area contributed by atoms with Crippen molar-refractivity contribution >= 4 is 17.8 Å². The molecule has 8 N–H and O–H groups in total. The lowest BCUT2D eigenvalue weighted by Gasteiger charge is -2.24. The van der Waals surface area contributed by atoms with Crippen molar-refractivity contribution in [2.75, 3.05) is 6.54 Å². The van der Waals surface area contributed by atoms with Crippen LogP contribution < -0.4 is 11.1 Å². The Morgan fingerprint density at radius 1 is 1.00 bits per heavy atom. The van der Waals surface area contributed by atoms with Crippen LogP contribution in [0.15, 0.2) is 42.5 Å². The molecule has 0 aromatic heterocycles. The number of hydrogen-bond acceptors (Lipinski definition) is 9. The van der Waals surface area contributed by atoms with Crippen LogP contribution in [0.3, 0.4) is 0 Å². The zero-order valence-electron chi connectivity index (χ0n) is 18.4. The van der Waals surface area contributed by atoms with Gasteiger partial charge < -0.3 is 41.3 Å². The number of carboxylic acid groups (broad SMARTS) is 1. The number of aromatic hydroxyl groups is 2. The summed E-state index contributed by atoms with van der Waals surface area (Å²) in [6.07, 6.45) is -4.42. The molecule has 0 saturated heterocycles. The highest BCUT2D eigenvalue weighted by Gasteiger charge is 2.33. The van der Waals surface area contributed by atoms with Crippen molar-refractivity contribution in [1.29, 1.82) is 0 Å². The number of phenolic OH excluding ortho intramolecular Hbond substituents is 2. The van der Waals surface area contributed by atoms with Gasteiger partial charge in [-0.3, -0.25) is 4.79 Å². The van der Waals surface area contributed by atoms with Crippen molar-refractivity contribution < 1.29 is 44.7 Å². The molecule has 0 aliphatic carbocycles. The van der Waals surface area contributed by atoms with Gasteiger partial charge in [-0.25, -0.2) is 9.59 Å². The van der Waals surface area contributed by atoms with E-state index in [1.54, 1.807) is 24.3 Å². The Labute approximate surface area is 195 Å². The summed E-state index contributed by atoms with van der Waals surface area (Å²) in [6, 6.07) is 10.5. The van der Waals surface area contributed by atoms with Crippen LogP contribution in [-0.4, -0.2) is 68.2 Å². The summed E-state index contributed by atoms with van der Waals surface area (Å²) < 4.78 is 5.20. The van der Waals surface area contributed by atoms with Gasteiger partial charge in [-0.05, 0) is 55.2 Å². The number of carbonyl (C=O) groups excluding carboxylic acids is 2. The average molecular weight is 476 g/mol. The fourth-order valence-electron chi connectivity index (χ4n) is 3.07. The summed E-state index contributed by atoms with van der Waals surface area (Å²) in [5.41, 5.74) is 6.89. The molecule has 0 fully saturated rings. The molecule has 0 saturated carbocycles. The number of amides is 1. The lowest BCUT2D eigenvalue weighted by molar-refractivity contribution is -0.173. The second-order valence-corrected chi connectivity index (χ2v) is 7.81. The Balaban J connectivity index is 2.04. The fourth-order valence-corrected chi connectivity index (χ4v) is 3.07. The lowest BCUT2D eigenvalue weighted by atomic mass is 10.0. The Morgan fingerprint density at radius 3 is 2.21 bits per heavy atom. The number of aliphatic hydroxyl groups is 2. The van der Waals surface area contributed by atoms with Crippen molar-refractivity contribution in [3.8, 4) is 11.5 Å². The first-order chi connectivity index (χ1) is 16.0. The molecule has 184 valence electrons. The predicted molar refractivity (Wildman–Crippen MR) is 119 cm³/mol. The monoisotopic (exact) mass is 476 g/mol. The summed E-state index contributed by atoms with van der Waals surface area (Å²) >= 11 is 0. The number of aliphatic hydroxyl groups excluding tert-OH is 2. The summed E-state index contributed by atoms with van der Waals surface area (Å²) in [4.78, 5) is 34.2. The number of esters is 1. The number of aliphatic carboxylic acids is 1. The minimum atomic E-state index is -2.37. The summed E-state index contributed by atoms with van der Waals surface area (Å²) in [7, 11) is 0. The maximum absolute atomic E-state index is 12.2. The average Bonchev–Trinajstić information content (AvgIpc) is 2.81. The van der Waals surface area contributed by atoms with Gasteiger partial charge in [0.05, 0.1) is 0 Å². The molecule has 3 unspecified atom stereocenters. The molecule has 11 heteroatoms. The van der Waals surface area contributed by atoms with Gasteiger partial charge in [0, 0.05) is 18.2 Å². The molecule has 2 rings (SSSR count). The first-order valence-corrected chi connectivity index (χ1v) is 10.4. The number of primary amides is 1. The van der Waals surface area contributed by atoms with Crippen LogP contribution in [0.25, 0.3) is 0 Å². The Hall–Kier alpha value is -3.67. The molecule has 0 radical (unpaired) electrons. The molecular weight excluding hydrogens is 448 g/mol. The smallest absolute Gasteiger partial charge is 0.339 e. The number of carboxylic acids is 1. The van der Waals surface area contributed by atoms with Gasteiger partial charge in [-0.15, -0.1) is 0 Å². The van der Waals surface area contributed by atoms with E-state index in [0.29, 0.717) is 18.4 Å². The van der Waals surface area contributed by atoms with Crippen LogP contribution in [0.1, 0.15) is 40.9 Å². The third-order valence-electron chi connectivity index (χ3n) is 5.18. The van der Waals surface area contributed by atoms with E-state index >= 15 is 0 Å². The van der Waals surface area contributed by atoms with E-state index in [4.69, 9.17) is 15.6 Å². The molecule has 11 nitrogen and oxygen atoms in total. The van der Waals surface area contributed by atoms with Crippen LogP contribution in [0, 0.1) is 0 Å². The zero-order valence-corrected chi connectivity index (χ0v) is 18.4. The van der Waals surface area contributed by atoms with Crippen LogP contribution >= 0.6 is 0 Å². The van der Waals surface area contributed by atoms with Crippen molar-refractivity contribution in [2.45, 2.75) is 44.1 Å². The van der Waals surface area contributed by atoms with Crippen LogP contribution in [0.2, 0.25) is 0 Å². The van der Waals surface area contributed by atoms with Crippen molar-refractivity contribution in [1.82, 2.24) is 5.32 Å². The maximum atomic E-state index is 12.2. The lowest BCUT2D eigenvalue weighted by Crippen LogP contribution is -2.42. The largest absolute Gasteiger partial charge is 0.504 e. The molecule has 1 amide bonds. The molecule has 0 bridgehead atoms. The van der Waals surface area contributed by atoms with E-state index in [1.807, 2.05) is 6.92 Å². The first kappa shape index (κ1) is 26.6. The minimum Gasteiger partial charge on any atom is -0.504 e. The SMILES string of the molecule is CC(CCc1ccc(C(N)=O)cc1)NC[C@@H](OC(=O)C(O)C(O)C(=O)O)c1ccc(O)c(O)c1. The quantitative estimate of drug-likeness (QED) is 0.164. The highest BCUT2D eigenvalue weighted by atomic mass is 16.6. The molecule has 2 aromatic carbocycles. The van der Waals surface area contributed by atoms with Gasteiger partial charge in [-0.1, -0.05) is 18.2 Å². The van der Waals surface area contributed by atoms with Gasteiger partial charge >= 0.3 is 11.9 Å². The molecule has 2 aromatic rings. The number of phenols is 2. The number of ether oxygens (including phenoxy) is 1. The summed E-state index contributed by atoms with van der Waals surface area (Å²) in [6.45, 7) is 1.90. The van der Waals surface area contributed by atoms with Gasteiger partial charge in [0.2, 0.25) is 5.91 Å². The Kier molecular flexibility index (Phi) is 9.36. The fraction of sp³-hybridized carbons (Fsp3) is 0.348. The van der Waals surface area contributed by atoms with Crippen LogP contribution in [0.5, 0.6) is 11.5 Å². The minimum absolute atomic E-state index is 0.0215. The second-order valence-electron chi connectivity index (χ2n) is 7.81. The number of rotatable bonds is 12. The predicted octanol–water partition coefficient (Wildman–Crippen LogP) is 0.198. The topological polar surface area (TPSA) is 200 Å². The third-order valence-corrected chi connectivity index (χ3v) is 5.18. The standard InChI is InChI=1S/C23H28N2O9/c1-12(2-3-13-4-6-14(7-5-13)21(24)30)25-11-18(15-8-9-16(26)17(27)10-15)34-23(33)20(29)19(28)22(31)32/h4-10,12,18-20,25-29H,2-3,11H2,1H3,(H2,24,30)(H,31,32)/t12?,18-,19?,20?/m1/s1. The van der Waals surface area contributed by atoms with Crippen molar-refractivity contribution in [2.24, 2.45) is 5.73 Å². The van der Waals surface area contributed by atoms with Crippen LogP contribution in [0.4, 0.5) is 0 Å². The maximum Gasteiger partial charge on any atom is 0.339 e. The Bertz CT molecular complexity index is 1010. The highest BCUT2D eigenvalue weighted by molar-refractivity contribution is 5.92.